The molecule has 0 heterocycles. The maximum atomic E-state index is 10.6. The molecule has 0 fully saturated rings. The smallest absolute Gasteiger partial charge is 0.278 e. The zero-order valence-corrected chi connectivity index (χ0v) is 18.3. The Morgan fingerprint density at radius 3 is 1.41 bits per heavy atom. The Labute approximate surface area is 163 Å². The van der Waals surface area contributed by atoms with Crippen molar-refractivity contribution in [2.45, 2.75) is 52.9 Å². The molecule has 0 aromatic heterocycles. The van der Waals surface area contributed by atoms with Gasteiger partial charge in [0.1, 0.15) is 0 Å². The van der Waals surface area contributed by atoms with Gasteiger partial charge < -0.3 is 5.11 Å². The van der Waals surface area contributed by atoms with Crippen molar-refractivity contribution in [1.82, 2.24) is 0 Å². The fourth-order valence-corrected chi connectivity index (χ4v) is 2.93. The lowest BCUT2D eigenvalue weighted by molar-refractivity contribution is -0.115. The maximum Gasteiger partial charge on any atom is 0.278 e. The minimum atomic E-state index is -3.87. The predicted octanol–water partition coefficient (Wildman–Crippen LogP) is 2.15. The summed E-state index contributed by atoms with van der Waals surface area (Å²) < 4.78 is 43.8. The van der Waals surface area contributed by atoms with Crippen LogP contribution in [-0.4, -0.2) is 52.6 Å². The Morgan fingerprint density at radius 2 is 1.19 bits per heavy atom. The topological polar surface area (TPSA) is 132 Å². The van der Waals surface area contributed by atoms with Gasteiger partial charge in [0.2, 0.25) is 0 Å². The van der Waals surface area contributed by atoms with E-state index in [0.29, 0.717) is 31.8 Å². The Kier molecular flexibility index (Phi) is 20.3. The molecule has 0 aliphatic carbocycles. The average Bonchev–Trinajstić information content (AvgIpc) is 2.52. The second kappa shape index (κ2) is 18.0. The minimum Gasteiger partial charge on any atom is -0.396 e. The highest BCUT2D eigenvalue weighted by Crippen LogP contribution is 1.93. The van der Waals surface area contributed by atoms with Crippen LogP contribution in [0.25, 0.3) is 0 Å². The SMILES string of the molecule is CCC(=O)/C=C/CCO.CCC/C=C/C(=O)CC.CS(=O)(=O)OS(C)(=O)=O. The Bertz CT molecular complexity index is 601. The Hall–Kier alpha value is -1.36. The first-order valence-electron chi connectivity index (χ1n) is 8.43. The lowest BCUT2D eigenvalue weighted by Gasteiger charge is -1.92. The van der Waals surface area contributed by atoms with Gasteiger partial charge in [-0.1, -0.05) is 39.3 Å². The highest BCUT2D eigenvalue weighted by molar-refractivity contribution is 7.99. The highest BCUT2D eigenvalue weighted by Gasteiger charge is 2.10. The fourth-order valence-electron chi connectivity index (χ4n) is 1.13. The number of hydrogen-bond donors (Lipinski definition) is 1. The normalized spacial score (nSPS) is 11.5. The predicted molar refractivity (Wildman–Crippen MR) is 106 cm³/mol. The second-order valence-electron chi connectivity index (χ2n) is 5.22. The molecule has 0 amide bonds. The quantitative estimate of drug-likeness (QED) is 0.523. The molecule has 160 valence electrons. The van der Waals surface area contributed by atoms with Gasteiger partial charge in [-0.25, -0.2) is 0 Å². The summed E-state index contributed by atoms with van der Waals surface area (Å²) in [6.45, 7) is 5.90. The summed E-state index contributed by atoms with van der Waals surface area (Å²) in [5.41, 5.74) is 0. The molecule has 0 saturated heterocycles. The summed E-state index contributed by atoms with van der Waals surface area (Å²) in [7, 11) is -7.74. The number of aliphatic hydroxyl groups is 1. The summed E-state index contributed by atoms with van der Waals surface area (Å²) in [5, 5.41) is 8.29. The van der Waals surface area contributed by atoms with Crippen LogP contribution in [0.4, 0.5) is 0 Å². The number of rotatable bonds is 10. The first-order chi connectivity index (χ1) is 12.3. The van der Waals surface area contributed by atoms with Gasteiger partial charge in [0, 0.05) is 19.4 Å². The monoisotopic (exact) mass is 428 g/mol. The third kappa shape index (κ3) is 36.3. The molecule has 10 heteroatoms. The van der Waals surface area contributed by atoms with E-state index in [0.717, 1.165) is 12.8 Å². The number of carbonyl (C=O) groups is 2. The zero-order valence-electron chi connectivity index (χ0n) is 16.7. The van der Waals surface area contributed by atoms with Gasteiger partial charge in [-0.3, -0.25) is 9.59 Å². The van der Waals surface area contributed by atoms with Crippen LogP contribution in [0.1, 0.15) is 52.9 Å². The summed E-state index contributed by atoms with van der Waals surface area (Å²) in [6.07, 6.45) is 12.0. The third-order valence-electron chi connectivity index (χ3n) is 2.30. The van der Waals surface area contributed by atoms with Gasteiger partial charge in [-0.15, -0.1) is 3.63 Å². The minimum absolute atomic E-state index is 0.114. The van der Waals surface area contributed by atoms with Crippen LogP contribution in [-0.2, 0) is 33.5 Å². The van der Waals surface area contributed by atoms with Crippen LogP contribution in [0.5, 0.6) is 0 Å². The molecule has 0 aromatic carbocycles. The Balaban J connectivity index is -0.000000320. The molecule has 0 radical (unpaired) electrons. The zero-order chi connectivity index (χ0) is 21.9. The molecule has 0 aromatic rings. The van der Waals surface area contributed by atoms with Crippen LogP contribution < -0.4 is 0 Å². The summed E-state index contributed by atoms with van der Waals surface area (Å²) in [6, 6.07) is 0. The molecule has 0 bridgehead atoms. The van der Waals surface area contributed by atoms with E-state index in [4.69, 9.17) is 5.11 Å². The third-order valence-corrected chi connectivity index (χ3v) is 4.28. The molecular weight excluding hydrogens is 396 g/mol. The van der Waals surface area contributed by atoms with Gasteiger partial charge in [-0.05, 0) is 25.0 Å². The first-order valence-corrected chi connectivity index (χ1v) is 12.1. The first kappa shape index (κ1) is 30.4. The molecule has 0 aliphatic rings. The molecule has 0 rings (SSSR count). The van der Waals surface area contributed by atoms with Gasteiger partial charge in [0.05, 0.1) is 12.5 Å². The number of unbranched alkanes of at least 4 members (excludes halogenated alkanes) is 1. The number of allylic oxidation sites excluding steroid dienone is 3. The summed E-state index contributed by atoms with van der Waals surface area (Å²) >= 11 is 0. The van der Waals surface area contributed by atoms with E-state index < -0.39 is 20.2 Å². The van der Waals surface area contributed by atoms with E-state index in [1.165, 1.54) is 6.08 Å². The molecule has 0 spiro atoms. The van der Waals surface area contributed by atoms with Crippen LogP contribution in [0.3, 0.4) is 0 Å². The van der Waals surface area contributed by atoms with E-state index in [9.17, 15) is 26.4 Å². The van der Waals surface area contributed by atoms with Crippen molar-refractivity contribution in [2.75, 3.05) is 19.1 Å². The molecule has 0 aliphatic heterocycles. The second-order valence-corrected chi connectivity index (χ2v) is 8.58. The van der Waals surface area contributed by atoms with Crippen molar-refractivity contribution in [3.05, 3.63) is 24.3 Å². The molecule has 0 atom stereocenters. The van der Waals surface area contributed by atoms with Gasteiger partial charge >= 0.3 is 0 Å². The lowest BCUT2D eigenvalue weighted by atomic mass is 10.2. The Morgan fingerprint density at radius 1 is 0.815 bits per heavy atom. The van der Waals surface area contributed by atoms with Gasteiger partial charge in [-0.2, -0.15) is 16.8 Å². The molecular formula is C17H32O8S2. The van der Waals surface area contributed by atoms with Crippen molar-refractivity contribution < 1.29 is 35.2 Å². The largest absolute Gasteiger partial charge is 0.396 e. The summed E-state index contributed by atoms with van der Waals surface area (Å²) in [5.74, 6) is 0.340. The number of aliphatic hydroxyl groups excluding tert-OH is 1. The standard InChI is InChI=1S/C8H14O.C7H12O2.C2H6O5S2/c1-3-5-6-7-8(9)4-2;1-2-7(9)5-3-4-6-8;1-8(3,4)7-9(2,5)6/h6-7H,3-5H2,1-2H3;3,5,8H,2,4,6H2,1H3;1-2H3/b7-6+;5-3+;. The average molecular weight is 429 g/mol. The molecule has 8 nitrogen and oxygen atoms in total. The van der Waals surface area contributed by atoms with E-state index in [2.05, 4.69) is 10.6 Å². The van der Waals surface area contributed by atoms with Crippen molar-refractivity contribution >= 4 is 31.8 Å². The van der Waals surface area contributed by atoms with Crippen molar-refractivity contribution in [1.29, 1.82) is 0 Å². The van der Waals surface area contributed by atoms with Crippen LogP contribution in [0.15, 0.2) is 24.3 Å². The number of carbonyl (C=O) groups excluding carboxylic acids is 2. The van der Waals surface area contributed by atoms with E-state index in [-0.39, 0.29) is 18.2 Å². The molecule has 0 unspecified atom stereocenters. The molecule has 1 N–H and O–H groups in total. The van der Waals surface area contributed by atoms with Gasteiger partial charge in [0.25, 0.3) is 20.2 Å². The van der Waals surface area contributed by atoms with E-state index in [1.807, 2.05) is 19.9 Å². The van der Waals surface area contributed by atoms with Crippen molar-refractivity contribution in [3.63, 3.8) is 0 Å². The van der Waals surface area contributed by atoms with E-state index in [1.54, 1.807) is 12.2 Å². The van der Waals surface area contributed by atoms with Crippen LogP contribution in [0.2, 0.25) is 0 Å². The molecule has 0 saturated carbocycles. The van der Waals surface area contributed by atoms with E-state index >= 15 is 0 Å². The fraction of sp³-hybridized carbons (Fsp3) is 0.647. The van der Waals surface area contributed by atoms with Gasteiger partial charge in [0.15, 0.2) is 11.6 Å². The van der Waals surface area contributed by atoms with Crippen LogP contribution >= 0.6 is 0 Å². The number of ketones is 2. The van der Waals surface area contributed by atoms with Crippen molar-refractivity contribution in [3.8, 4) is 0 Å². The highest BCUT2D eigenvalue weighted by atomic mass is 32.3. The maximum absolute atomic E-state index is 10.6. The van der Waals surface area contributed by atoms with Crippen LogP contribution in [0, 0.1) is 0 Å². The lowest BCUT2D eigenvalue weighted by Crippen LogP contribution is -2.09. The molecule has 27 heavy (non-hydrogen) atoms. The summed E-state index contributed by atoms with van der Waals surface area (Å²) in [4.78, 5) is 21.1. The number of hydrogen-bond acceptors (Lipinski definition) is 8. The van der Waals surface area contributed by atoms with Crippen molar-refractivity contribution in [2.24, 2.45) is 0 Å².